The summed E-state index contributed by atoms with van der Waals surface area (Å²) in [5.41, 5.74) is 1.06. The van der Waals surface area contributed by atoms with Gasteiger partial charge in [0.15, 0.2) is 0 Å². The molecule has 0 spiro atoms. The molecule has 0 saturated carbocycles. The molecule has 2 aromatic rings. The van der Waals surface area contributed by atoms with Crippen LogP contribution in [0.1, 0.15) is 20.3 Å². The summed E-state index contributed by atoms with van der Waals surface area (Å²) in [5, 5.41) is 5.40. The average molecular weight is 270 g/mol. The van der Waals surface area contributed by atoms with Gasteiger partial charge in [-0.1, -0.05) is 37.3 Å². The molecule has 3 nitrogen and oxygen atoms in total. The van der Waals surface area contributed by atoms with Crippen LogP contribution in [0.4, 0.5) is 5.69 Å². The number of hydrogen-bond donors (Lipinski definition) is 1. The SMILES string of the molecule is CC[C@@H](C)NC(=O)CN(C)c1ccc2ccccc2c1. The molecule has 0 saturated heterocycles. The average Bonchev–Trinajstić information content (AvgIpc) is 2.46. The van der Waals surface area contributed by atoms with Crippen LogP contribution in [0.15, 0.2) is 42.5 Å². The van der Waals surface area contributed by atoms with Crippen LogP contribution in [-0.2, 0) is 4.79 Å². The Morgan fingerprint density at radius 2 is 1.90 bits per heavy atom. The number of amides is 1. The Labute approximate surface area is 120 Å². The lowest BCUT2D eigenvalue weighted by atomic mass is 10.1. The van der Waals surface area contributed by atoms with E-state index in [-0.39, 0.29) is 11.9 Å². The Morgan fingerprint density at radius 1 is 1.20 bits per heavy atom. The molecule has 2 rings (SSSR count). The summed E-state index contributed by atoms with van der Waals surface area (Å²) in [6.07, 6.45) is 0.950. The highest BCUT2D eigenvalue weighted by Gasteiger charge is 2.09. The van der Waals surface area contributed by atoms with Crippen LogP contribution < -0.4 is 10.2 Å². The van der Waals surface area contributed by atoms with Gasteiger partial charge in [-0.3, -0.25) is 4.79 Å². The second-order valence-electron chi connectivity index (χ2n) is 5.26. The van der Waals surface area contributed by atoms with E-state index in [9.17, 15) is 4.79 Å². The van der Waals surface area contributed by atoms with E-state index in [0.717, 1.165) is 12.1 Å². The van der Waals surface area contributed by atoms with Crippen molar-refractivity contribution in [2.24, 2.45) is 0 Å². The molecule has 0 fully saturated rings. The molecule has 1 atom stereocenters. The van der Waals surface area contributed by atoms with Crippen LogP contribution >= 0.6 is 0 Å². The van der Waals surface area contributed by atoms with Gasteiger partial charge in [0, 0.05) is 18.8 Å². The van der Waals surface area contributed by atoms with Crippen molar-refractivity contribution in [1.29, 1.82) is 0 Å². The van der Waals surface area contributed by atoms with Crippen molar-refractivity contribution in [1.82, 2.24) is 5.32 Å². The van der Waals surface area contributed by atoms with Crippen molar-refractivity contribution in [2.75, 3.05) is 18.5 Å². The number of carbonyl (C=O) groups is 1. The van der Waals surface area contributed by atoms with Crippen molar-refractivity contribution in [3.8, 4) is 0 Å². The van der Waals surface area contributed by atoms with E-state index in [1.165, 1.54) is 10.8 Å². The van der Waals surface area contributed by atoms with E-state index >= 15 is 0 Å². The Hall–Kier alpha value is -2.03. The fraction of sp³-hybridized carbons (Fsp3) is 0.353. The van der Waals surface area contributed by atoms with Crippen molar-refractivity contribution >= 4 is 22.4 Å². The van der Waals surface area contributed by atoms with Gasteiger partial charge in [-0.15, -0.1) is 0 Å². The summed E-state index contributed by atoms with van der Waals surface area (Å²) in [6, 6.07) is 14.7. The van der Waals surface area contributed by atoms with Gasteiger partial charge in [0.1, 0.15) is 0 Å². The predicted octanol–water partition coefficient (Wildman–Crippen LogP) is 3.19. The molecule has 0 radical (unpaired) electrons. The summed E-state index contributed by atoms with van der Waals surface area (Å²) < 4.78 is 0. The number of nitrogens with zero attached hydrogens (tertiary/aromatic N) is 1. The second-order valence-corrected chi connectivity index (χ2v) is 5.26. The minimum atomic E-state index is 0.0648. The zero-order chi connectivity index (χ0) is 14.5. The van der Waals surface area contributed by atoms with E-state index in [2.05, 4.69) is 42.6 Å². The van der Waals surface area contributed by atoms with Crippen molar-refractivity contribution < 1.29 is 4.79 Å². The molecule has 20 heavy (non-hydrogen) atoms. The fourth-order valence-corrected chi connectivity index (χ4v) is 2.14. The second kappa shape index (κ2) is 6.42. The number of likely N-dealkylation sites (N-methyl/N-ethyl adjacent to an activating group) is 1. The number of anilines is 1. The first-order valence-corrected chi connectivity index (χ1v) is 7.09. The lowest BCUT2D eigenvalue weighted by Crippen LogP contribution is -2.39. The summed E-state index contributed by atoms with van der Waals surface area (Å²) in [7, 11) is 1.94. The minimum Gasteiger partial charge on any atom is -0.365 e. The van der Waals surface area contributed by atoms with Crippen molar-refractivity contribution in [3.05, 3.63) is 42.5 Å². The largest absolute Gasteiger partial charge is 0.365 e. The highest BCUT2D eigenvalue weighted by molar-refractivity contribution is 5.87. The Balaban J connectivity index is 2.07. The molecule has 0 bridgehead atoms. The summed E-state index contributed by atoms with van der Waals surface area (Å²) in [4.78, 5) is 13.9. The van der Waals surface area contributed by atoms with Crippen LogP contribution in [0, 0.1) is 0 Å². The fourth-order valence-electron chi connectivity index (χ4n) is 2.14. The Morgan fingerprint density at radius 3 is 2.60 bits per heavy atom. The third-order valence-corrected chi connectivity index (χ3v) is 3.57. The molecule has 3 heteroatoms. The van der Waals surface area contributed by atoms with Gasteiger partial charge in [0.05, 0.1) is 6.54 Å². The number of fused-ring (bicyclic) bond motifs is 1. The number of benzene rings is 2. The molecule has 1 N–H and O–H groups in total. The van der Waals surface area contributed by atoms with E-state index in [1.54, 1.807) is 0 Å². The normalized spacial score (nSPS) is 12.2. The number of nitrogens with one attached hydrogen (secondary N) is 1. The van der Waals surface area contributed by atoms with Crippen LogP contribution in [0.3, 0.4) is 0 Å². The number of carbonyl (C=O) groups excluding carboxylic acids is 1. The first-order valence-electron chi connectivity index (χ1n) is 7.09. The lowest BCUT2D eigenvalue weighted by Gasteiger charge is -2.20. The summed E-state index contributed by atoms with van der Waals surface area (Å²) >= 11 is 0. The zero-order valence-corrected chi connectivity index (χ0v) is 12.4. The lowest BCUT2D eigenvalue weighted by molar-refractivity contribution is -0.120. The van der Waals surface area contributed by atoms with Crippen molar-refractivity contribution in [3.63, 3.8) is 0 Å². The van der Waals surface area contributed by atoms with Crippen LogP contribution in [0.25, 0.3) is 10.8 Å². The molecule has 0 aromatic heterocycles. The van der Waals surface area contributed by atoms with Gasteiger partial charge in [-0.05, 0) is 36.2 Å². The minimum absolute atomic E-state index is 0.0648. The van der Waals surface area contributed by atoms with Gasteiger partial charge in [-0.2, -0.15) is 0 Å². The quantitative estimate of drug-likeness (QED) is 0.905. The van der Waals surface area contributed by atoms with Gasteiger partial charge in [0.2, 0.25) is 5.91 Å². The predicted molar refractivity (Wildman–Crippen MR) is 85.1 cm³/mol. The molecule has 0 aliphatic carbocycles. The zero-order valence-electron chi connectivity index (χ0n) is 12.4. The first kappa shape index (κ1) is 14.4. The maximum absolute atomic E-state index is 11.9. The summed E-state index contributed by atoms with van der Waals surface area (Å²) in [5.74, 6) is 0.0648. The van der Waals surface area contributed by atoms with Crippen LogP contribution in [0.5, 0.6) is 0 Å². The smallest absolute Gasteiger partial charge is 0.239 e. The molecule has 0 unspecified atom stereocenters. The highest BCUT2D eigenvalue weighted by Crippen LogP contribution is 2.21. The first-order chi connectivity index (χ1) is 9.60. The molecule has 2 aromatic carbocycles. The van der Waals surface area contributed by atoms with Gasteiger partial charge in [0.25, 0.3) is 0 Å². The van der Waals surface area contributed by atoms with E-state index in [4.69, 9.17) is 0 Å². The molecular weight excluding hydrogens is 248 g/mol. The summed E-state index contributed by atoms with van der Waals surface area (Å²) in [6.45, 7) is 4.47. The van der Waals surface area contributed by atoms with Gasteiger partial charge < -0.3 is 10.2 Å². The number of hydrogen-bond acceptors (Lipinski definition) is 2. The van der Waals surface area contributed by atoms with Gasteiger partial charge >= 0.3 is 0 Å². The van der Waals surface area contributed by atoms with Crippen molar-refractivity contribution in [2.45, 2.75) is 26.3 Å². The van der Waals surface area contributed by atoms with Crippen LogP contribution in [0.2, 0.25) is 0 Å². The molecule has 1 amide bonds. The standard InChI is InChI=1S/C17H22N2O/c1-4-13(2)18-17(20)12-19(3)16-10-9-14-7-5-6-8-15(14)11-16/h5-11,13H,4,12H2,1-3H3,(H,18,20)/t13-/m1/s1. The maximum Gasteiger partial charge on any atom is 0.239 e. The Kier molecular flexibility index (Phi) is 4.61. The topological polar surface area (TPSA) is 32.3 Å². The highest BCUT2D eigenvalue weighted by atomic mass is 16.2. The van der Waals surface area contributed by atoms with Crippen LogP contribution in [-0.4, -0.2) is 25.5 Å². The van der Waals surface area contributed by atoms with E-state index in [0.29, 0.717) is 6.54 Å². The Bertz CT molecular complexity index is 594. The van der Waals surface area contributed by atoms with Gasteiger partial charge in [-0.25, -0.2) is 0 Å². The van der Waals surface area contributed by atoms with E-state index in [1.807, 2.05) is 31.0 Å². The maximum atomic E-state index is 11.9. The molecule has 0 aliphatic heterocycles. The molecule has 0 aliphatic rings. The molecule has 0 heterocycles. The van der Waals surface area contributed by atoms with E-state index < -0.39 is 0 Å². The third kappa shape index (κ3) is 3.50. The number of rotatable bonds is 5. The molecule has 106 valence electrons. The third-order valence-electron chi connectivity index (χ3n) is 3.57. The monoisotopic (exact) mass is 270 g/mol. The molecular formula is C17H22N2O.